The van der Waals surface area contributed by atoms with Crippen LogP contribution in [0.15, 0.2) is 47.6 Å². The van der Waals surface area contributed by atoms with Gasteiger partial charge in [0.2, 0.25) is 11.4 Å². The fraction of sp³-hybridized carbons (Fsp3) is 0.727. The average molecular weight is 992 g/mol. The van der Waals surface area contributed by atoms with E-state index >= 15 is 0 Å². The molecular formula is C66H112N2Ni. The number of unbranched alkanes of at least 4 members (excludes halogenated alkanes) is 25. The van der Waals surface area contributed by atoms with Gasteiger partial charge in [-0.1, -0.05) is 188 Å². The third kappa shape index (κ3) is 25.3. The molecule has 0 aromatic heterocycles. The van der Waals surface area contributed by atoms with E-state index in [2.05, 4.69) is 106 Å². The van der Waals surface area contributed by atoms with E-state index < -0.39 is 0 Å². The Kier molecular flexibility index (Phi) is 37.6. The molecule has 0 saturated carbocycles. The van der Waals surface area contributed by atoms with Crippen molar-refractivity contribution in [3.05, 3.63) is 97.6 Å². The molecule has 2 aromatic rings. The zero-order valence-corrected chi connectivity index (χ0v) is 48.5. The fourth-order valence-corrected chi connectivity index (χ4v) is 11.4. The topological polar surface area (TPSA) is 25.3 Å². The summed E-state index contributed by atoms with van der Waals surface area (Å²) in [5, 5.41) is 2.78. The molecule has 1 aliphatic rings. The molecule has 0 amide bonds. The van der Waals surface area contributed by atoms with Gasteiger partial charge in [-0.05, 0) is 143 Å². The predicted octanol–water partition coefficient (Wildman–Crippen LogP) is 22.9. The number of hydrogen-bond acceptors (Lipinski definition) is 0. The quantitative estimate of drug-likeness (QED) is 0.0360. The zero-order chi connectivity index (χ0) is 50.3. The summed E-state index contributed by atoms with van der Waals surface area (Å²) >= 11 is 1.94. The molecule has 2 aromatic carbocycles. The second-order valence-corrected chi connectivity index (χ2v) is 22.5. The minimum atomic E-state index is 0.965. The molecule has 3 rings (SSSR count). The van der Waals surface area contributed by atoms with E-state index in [9.17, 15) is 5.53 Å². The molecule has 0 spiro atoms. The van der Waals surface area contributed by atoms with E-state index in [4.69, 9.17) is 0 Å². The van der Waals surface area contributed by atoms with Gasteiger partial charge in [-0.15, -0.1) is 0 Å². The van der Waals surface area contributed by atoms with Crippen LogP contribution in [-0.2, 0) is 33.7 Å². The van der Waals surface area contributed by atoms with Crippen LogP contribution in [0.1, 0.15) is 305 Å². The molecule has 3 heteroatoms. The number of rotatable bonds is 41. The van der Waals surface area contributed by atoms with Gasteiger partial charge in [0.1, 0.15) is 0 Å². The Labute approximate surface area is 437 Å². The standard InChI is InChI=1S/C58H94N2.2C4H9.Ni/c1-9-14-19-20-21-22-23-24-25-26-27-28-29-30-31-32-33-34-35-36-37-42-56-55(41-18-13-5)58(60(59)57(56)52-43-47(6)49(8)48(7)44-52)53-45-50(38-15-10-2)54(40-17-12-4)51(46-53)39-16-11-3;2*1-3-4-2;/h37,42-46H,9-36,38-41H2,1-8H3;2*1,3-4H2,2H3;. The Hall–Kier alpha value is -2.25. The average Bonchev–Trinajstić information content (AvgIpc) is 3.63. The van der Waals surface area contributed by atoms with Gasteiger partial charge < -0.3 is 5.53 Å². The van der Waals surface area contributed by atoms with Crippen LogP contribution in [0.5, 0.6) is 0 Å². The van der Waals surface area contributed by atoms with Crippen LogP contribution in [0.4, 0.5) is 0 Å². The Morgan fingerprint density at radius 1 is 0.420 bits per heavy atom. The molecule has 1 aliphatic heterocycles. The summed E-state index contributed by atoms with van der Waals surface area (Å²) < 4.78 is 1.61. The van der Waals surface area contributed by atoms with Crippen molar-refractivity contribution >= 4 is 11.4 Å². The van der Waals surface area contributed by atoms with Crippen molar-refractivity contribution < 1.29 is 19.1 Å². The SMILES string of the molecule is CCCCCCCCCCCCCCCCCCCCCC=CC1=C(c2cc(C)c(C)c(C)c2)[N+](=[N-])C(c2cc(CCCC)c(CCCC)c(CCCC)c2)=C1CCCC.CCC[CH2][Ni][CH2]CCC. The van der Waals surface area contributed by atoms with Crippen LogP contribution in [0, 0.1) is 20.8 Å². The van der Waals surface area contributed by atoms with E-state index in [0.29, 0.717) is 0 Å². The zero-order valence-electron chi connectivity index (χ0n) is 47.5. The van der Waals surface area contributed by atoms with Crippen molar-refractivity contribution in [1.82, 2.24) is 0 Å². The predicted molar refractivity (Wildman–Crippen MR) is 306 cm³/mol. The van der Waals surface area contributed by atoms with Gasteiger partial charge in [-0.2, -0.15) is 0 Å². The first-order valence-electron chi connectivity index (χ1n) is 30.0. The summed E-state index contributed by atoms with van der Waals surface area (Å²) in [7, 11) is 0. The molecule has 0 radical (unpaired) electrons. The third-order valence-corrected chi connectivity index (χ3v) is 16.2. The number of nitrogens with zero attached hydrogens (tertiary/aromatic N) is 2. The molecule has 69 heavy (non-hydrogen) atoms. The molecule has 0 fully saturated rings. The molecule has 0 saturated heterocycles. The van der Waals surface area contributed by atoms with Crippen LogP contribution in [0.25, 0.3) is 16.9 Å². The van der Waals surface area contributed by atoms with Crippen LogP contribution >= 0.6 is 0 Å². The first kappa shape index (κ1) is 62.9. The molecule has 0 aliphatic carbocycles. The van der Waals surface area contributed by atoms with E-state index in [1.807, 2.05) is 14.4 Å². The number of hydrogen-bond donors (Lipinski definition) is 0. The van der Waals surface area contributed by atoms with E-state index in [-0.39, 0.29) is 0 Å². The Morgan fingerprint density at radius 2 is 0.797 bits per heavy atom. The van der Waals surface area contributed by atoms with Crippen molar-refractivity contribution in [3.63, 3.8) is 0 Å². The van der Waals surface area contributed by atoms with Gasteiger partial charge in [0, 0.05) is 16.7 Å². The van der Waals surface area contributed by atoms with Crippen molar-refractivity contribution in [1.29, 1.82) is 0 Å². The molecule has 396 valence electrons. The second kappa shape index (κ2) is 41.3. The van der Waals surface area contributed by atoms with Crippen LogP contribution in [-0.4, -0.2) is 4.70 Å². The molecule has 0 bridgehead atoms. The summed E-state index contributed by atoms with van der Waals surface area (Å²) in [6, 6.07) is 9.57. The maximum absolute atomic E-state index is 12.5. The fourth-order valence-electron chi connectivity index (χ4n) is 9.95. The summed E-state index contributed by atoms with van der Waals surface area (Å²) in [6.07, 6.45) is 52.2. The van der Waals surface area contributed by atoms with Gasteiger partial charge in [0.05, 0.1) is 5.57 Å². The van der Waals surface area contributed by atoms with Crippen molar-refractivity contribution in [2.24, 2.45) is 0 Å². The van der Waals surface area contributed by atoms with Gasteiger partial charge in [-0.3, -0.25) is 0 Å². The Balaban J connectivity index is 0.00000164. The summed E-state index contributed by atoms with van der Waals surface area (Å²) in [5.74, 6) is 0. The third-order valence-electron chi connectivity index (χ3n) is 14.8. The van der Waals surface area contributed by atoms with Crippen molar-refractivity contribution in [2.75, 3.05) is 0 Å². The molecule has 0 unspecified atom stereocenters. The van der Waals surface area contributed by atoms with E-state index in [1.54, 1.807) is 10.3 Å². The minimum absolute atomic E-state index is 0.965. The van der Waals surface area contributed by atoms with E-state index in [1.165, 1.54) is 248 Å². The van der Waals surface area contributed by atoms with Crippen molar-refractivity contribution in [3.8, 4) is 0 Å². The number of allylic oxidation sites excluding steroid dienone is 4. The van der Waals surface area contributed by atoms with Crippen molar-refractivity contribution in [2.45, 2.75) is 311 Å². The maximum atomic E-state index is 12.5. The number of benzene rings is 2. The monoisotopic (exact) mass is 991 g/mol. The first-order valence-corrected chi connectivity index (χ1v) is 31.4. The van der Waals surface area contributed by atoms with Crippen LogP contribution in [0.2, 0.25) is 10.8 Å². The van der Waals surface area contributed by atoms with Crippen LogP contribution < -0.4 is 0 Å². The summed E-state index contributed by atoms with van der Waals surface area (Å²) in [5.41, 5.74) is 28.0. The molecular weight excluding hydrogens is 879 g/mol. The van der Waals surface area contributed by atoms with Gasteiger partial charge in [0.15, 0.2) is 0 Å². The van der Waals surface area contributed by atoms with Crippen LogP contribution in [0.3, 0.4) is 0 Å². The molecule has 1 heterocycles. The second-order valence-electron chi connectivity index (χ2n) is 21.1. The summed E-state index contributed by atoms with van der Waals surface area (Å²) in [4.78, 5) is 0. The Morgan fingerprint density at radius 3 is 1.23 bits per heavy atom. The molecule has 2 nitrogen and oxygen atoms in total. The molecule has 0 atom stereocenters. The Bertz CT molecular complexity index is 1680. The van der Waals surface area contributed by atoms with Gasteiger partial charge in [-0.25, -0.2) is 4.70 Å². The normalized spacial score (nSPS) is 12.9. The van der Waals surface area contributed by atoms with Gasteiger partial charge >= 0.3 is 64.8 Å². The molecule has 0 N–H and O–H groups in total. The van der Waals surface area contributed by atoms with E-state index in [0.717, 1.165) is 55.5 Å². The first-order chi connectivity index (χ1) is 33.7. The summed E-state index contributed by atoms with van der Waals surface area (Å²) in [6.45, 7) is 22.7. The number of aryl methyl sites for hydroxylation is 4. The van der Waals surface area contributed by atoms with Gasteiger partial charge in [0.25, 0.3) is 0 Å².